The number of nitrogens with zero attached hydrogens (tertiary/aromatic N) is 1. The Balaban J connectivity index is 0.00000484. The first-order chi connectivity index (χ1) is 10.8. The molecule has 0 saturated heterocycles. The van der Waals surface area contributed by atoms with E-state index in [1.165, 1.54) is 5.56 Å². The number of hydrogen-bond acceptors (Lipinski definition) is 2. The van der Waals surface area contributed by atoms with Gasteiger partial charge in [0.15, 0.2) is 5.96 Å². The maximum atomic E-state index is 5.68. The van der Waals surface area contributed by atoms with Gasteiger partial charge in [0.2, 0.25) is 0 Å². The van der Waals surface area contributed by atoms with E-state index in [0.29, 0.717) is 12.6 Å². The number of rotatable bonds is 10. The summed E-state index contributed by atoms with van der Waals surface area (Å²) in [5, 5.41) is 6.68. The lowest BCUT2D eigenvalue weighted by Gasteiger charge is -2.16. The van der Waals surface area contributed by atoms with Crippen molar-refractivity contribution in [3.63, 3.8) is 0 Å². The number of benzene rings is 1. The molecule has 0 fully saturated rings. The number of unbranched alkanes of at least 4 members (excludes halogenated alkanes) is 1. The molecule has 0 saturated carbocycles. The Morgan fingerprint density at radius 1 is 1.17 bits per heavy atom. The third-order valence-corrected chi connectivity index (χ3v) is 3.42. The Kier molecular flexibility index (Phi) is 14.2. The van der Waals surface area contributed by atoms with Crippen LogP contribution in [-0.4, -0.2) is 31.7 Å². The lowest BCUT2D eigenvalue weighted by Crippen LogP contribution is -2.42. The summed E-state index contributed by atoms with van der Waals surface area (Å²) >= 11 is 0. The fraction of sp³-hybridized carbons (Fsp3) is 0.611. The van der Waals surface area contributed by atoms with Gasteiger partial charge in [0.05, 0.1) is 6.61 Å². The molecular weight excluding hydrogens is 401 g/mol. The van der Waals surface area contributed by atoms with Gasteiger partial charge >= 0.3 is 0 Å². The van der Waals surface area contributed by atoms with Gasteiger partial charge in [0.1, 0.15) is 0 Å². The van der Waals surface area contributed by atoms with Crippen molar-refractivity contribution in [1.29, 1.82) is 0 Å². The molecule has 0 aliphatic rings. The summed E-state index contributed by atoms with van der Waals surface area (Å²) in [4.78, 5) is 4.60. The molecular formula is C18H32IN3O. The van der Waals surface area contributed by atoms with Crippen LogP contribution in [0.1, 0.15) is 45.6 Å². The Morgan fingerprint density at radius 3 is 2.57 bits per heavy atom. The van der Waals surface area contributed by atoms with Gasteiger partial charge < -0.3 is 15.4 Å². The van der Waals surface area contributed by atoms with Crippen LogP contribution in [0.3, 0.4) is 0 Å². The molecule has 23 heavy (non-hydrogen) atoms. The summed E-state index contributed by atoms with van der Waals surface area (Å²) < 4.78 is 5.68. The summed E-state index contributed by atoms with van der Waals surface area (Å²) in [6.45, 7) is 9.64. The molecule has 0 heterocycles. The van der Waals surface area contributed by atoms with Gasteiger partial charge in [0.25, 0.3) is 0 Å². The Labute approximate surface area is 158 Å². The van der Waals surface area contributed by atoms with Crippen molar-refractivity contribution in [3.8, 4) is 0 Å². The molecule has 0 spiro atoms. The molecule has 1 unspecified atom stereocenters. The Morgan fingerprint density at radius 2 is 1.91 bits per heavy atom. The molecule has 1 aromatic carbocycles. The maximum Gasteiger partial charge on any atom is 0.191 e. The van der Waals surface area contributed by atoms with Gasteiger partial charge in [-0.25, -0.2) is 0 Å². The highest BCUT2D eigenvalue weighted by atomic mass is 127. The van der Waals surface area contributed by atoms with Crippen molar-refractivity contribution in [3.05, 3.63) is 35.9 Å². The van der Waals surface area contributed by atoms with Crippen LogP contribution in [0.4, 0.5) is 0 Å². The molecule has 0 aromatic heterocycles. The van der Waals surface area contributed by atoms with E-state index < -0.39 is 0 Å². The second-order valence-corrected chi connectivity index (χ2v) is 5.46. The summed E-state index contributed by atoms with van der Waals surface area (Å²) in [7, 11) is 0. The number of ether oxygens (including phenoxy) is 1. The molecule has 1 rings (SSSR count). The molecule has 0 bridgehead atoms. The number of halogens is 1. The van der Waals surface area contributed by atoms with Crippen molar-refractivity contribution in [2.24, 2.45) is 4.99 Å². The molecule has 0 amide bonds. The molecule has 5 heteroatoms. The topological polar surface area (TPSA) is 45.7 Å². The lowest BCUT2D eigenvalue weighted by atomic mass is 10.2. The molecule has 1 aromatic rings. The maximum absolute atomic E-state index is 5.68. The molecule has 0 radical (unpaired) electrons. The van der Waals surface area contributed by atoms with Crippen molar-refractivity contribution < 1.29 is 4.74 Å². The normalized spacial score (nSPS) is 12.4. The van der Waals surface area contributed by atoms with Crippen LogP contribution in [0.2, 0.25) is 0 Å². The van der Waals surface area contributed by atoms with E-state index >= 15 is 0 Å². The summed E-state index contributed by atoms with van der Waals surface area (Å²) in [5.74, 6) is 0.919. The molecule has 0 aliphatic heterocycles. The average molecular weight is 433 g/mol. The predicted molar refractivity (Wildman–Crippen MR) is 110 cm³/mol. The van der Waals surface area contributed by atoms with Gasteiger partial charge in [-0.3, -0.25) is 4.99 Å². The van der Waals surface area contributed by atoms with E-state index in [2.05, 4.69) is 48.5 Å². The standard InChI is InChI=1S/C18H31N3O.HI/c1-4-16(3)21-18(19-5-2)20-13-9-10-14-22-15-17-11-7-6-8-12-17;/h6-8,11-12,16H,4-5,9-10,13-15H2,1-3H3,(H2,19,20,21);1H. The lowest BCUT2D eigenvalue weighted by molar-refractivity contribution is 0.117. The highest BCUT2D eigenvalue weighted by Crippen LogP contribution is 2.01. The van der Waals surface area contributed by atoms with Crippen molar-refractivity contribution >= 4 is 29.9 Å². The molecule has 4 nitrogen and oxygen atoms in total. The van der Waals surface area contributed by atoms with E-state index in [4.69, 9.17) is 4.74 Å². The fourth-order valence-corrected chi connectivity index (χ4v) is 1.93. The highest BCUT2D eigenvalue weighted by Gasteiger charge is 2.01. The molecule has 132 valence electrons. The van der Waals surface area contributed by atoms with E-state index in [0.717, 1.165) is 44.9 Å². The molecule has 2 N–H and O–H groups in total. The first-order valence-electron chi connectivity index (χ1n) is 8.42. The second-order valence-electron chi connectivity index (χ2n) is 5.46. The third-order valence-electron chi connectivity index (χ3n) is 3.42. The fourth-order valence-electron chi connectivity index (χ4n) is 1.93. The predicted octanol–water partition coefficient (Wildman–Crippen LogP) is 3.96. The van der Waals surface area contributed by atoms with Crippen molar-refractivity contribution in [2.75, 3.05) is 19.7 Å². The quantitative estimate of drug-likeness (QED) is 0.254. The van der Waals surface area contributed by atoms with Gasteiger partial charge in [0, 0.05) is 25.7 Å². The Hall–Kier alpha value is -0.820. The summed E-state index contributed by atoms with van der Waals surface area (Å²) in [6, 6.07) is 10.7. The molecule has 0 aliphatic carbocycles. The zero-order valence-corrected chi connectivity index (χ0v) is 17.0. The van der Waals surface area contributed by atoms with E-state index in [-0.39, 0.29) is 24.0 Å². The number of hydrogen-bond donors (Lipinski definition) is 2. The van der Waals surface area contributed by atoms with Crippen LogP contribution in [-0.2, 0) is 11.3 Å². The zero-order valence-electron chi connectivity index (χ0n) is 14.7. The SMILES string of the molecule is CCNC(=NCCCCOCc1ccccc1)NC(C)CC.I. The van der Waals surface area contributed by atoms with Crippen molar-refractivity contribution in [1.82, 2.24) is 10.6 Å². The van der Waals surface area contributed by atoms with Gasteiger partial charge in [-0.05, 0) is 38.7 Å². The number of nitrogens with one attached hydrogen (secondary N) is 2. The van der Waals surface area contributed by atoms with E-state index in [1.807, 2.05) is 18.2 Å². The van der Waals surface area contributed by atoms with Gasteiger partial charge in [-0.15, -0.1) is 24.0 Å². The largest absolute Gasteiger partial charge is 0.377 e. The number of aliphatic imine (C=N–C) groups is 1. The minimum atomic E-state index is 0. The second kappa shape index (κ2) is 14.8. The van der Waals surface area contributed by atoms with E-state index in [1.54, 1.807) is 0 Å². The summed E-state index contributed by atoms with van der Waals surface area (Å²) in [5.41, 5.74) is 1.23. The third kappa shape index (κ3) is 11.4. The zero-order chi connectivity index (χ0) is 16.0. The minimum absolute atomic E-state index is 0. The van der Waals surface area contributed by atoms with Crippen LogP contribution in [0, 0.1) is 0 Å². The van der Waals surface area contributed by atoms with Gasteiger partial charge in [-0.1, -0.05) is 37.3 Å². The van der Waals surface area contributed by atoms with Crippen LogP contribution in [0.25, 0.3) is 0 Å². The van der Waals surface area contributed by atoms with Gasteiger partial charge in [-0.2, -0.15) is 0 Å². The first kappa shape index (κ1) is 22.2. The van der Waals surface area contributed by atoms with Crippen LogP contribution >= 0.6 is 24.0 Å². The van der Waals surface area contributed by atoms with Crippen LogP contribution in [0.15, 0.2) is 35.3 Å². The average Bonchev–Trinajstić information content (AvgIpc) is 2.54. The minimum Gasteiger partial charge on any atom is -0.377 e. The van der Waals surface area contributed by atoms with Crippen molar-refractivity contribution in [2.45, 2.75) is 52.7 Å². The first-order valence-corrected chi connectivity index (χ1v) is 8.42. The monoisotopic (exact) mass is 433 g/mol. The van der Waals surface area contributed by atoms with Crippen LogP contribution < -0.4 is 10.6 Å². The Bertz CT molecular complexity index is 412. The summed E-state index contributed by atoms with van der Waals surface area (Å²) in [6.07, 6.45) is 3.18. The van der Waals surface area contributed by atoms with Crippen LogP contribution in [0.5, 0.6) is 0 Å². The number of guanidine groups is 1. The molecule has 1 atom stereocenters. The highest BCUT2D eigenvalue weighted by molar-refractivity contribution is 14.0. The smallest absolute Gasteiger partial charge is 0.191 e. The van der Waals surface area contributed by atoms with E-state index in [9.17, 15) is 0 Å².